The molecule has 7 heteroatoms. The molecule has 1 aromatic rings. The van der Waals surface area contributed by atoms with Gasteiger partial charge < -0.3 is 25.2 Å². The van der Waals surface area contributed by atoms with Gasteiger partial charge in [0.2, 0.25) is 6.79 Å². The minimum atomic E-state index is -0.880. The van der Waals surface area contributed by atoms with E-state index < -0.39 is 5.97 Å². The number of carbonyl (C=O) groups is 2. The molecular formula is C13H16N2O5. The van der Waals surface area contributed by atoms with Crippen molar-refractivity contribution in [2.75, 3.05) is 12.1 Å². The van der Waals surface area contributed by atoms with Crippen LogP contribution in [0.4, 0.5) is 10.5 Å². The van der Waals surface area contributed by atoms with E-state index in [2.05, 4.69) is 10.6 Å². The van der Waals surface area contributed by atoms with Crippen LogP contribution >= 0.6 is 0 Å². The number of carboxylic acids is 1. The summed E-state index contributed by atoms with van der Waals surface area (Å²) in [6.45, 7) is 1.93. The van der Waals surface area contributed by atoms with E-state index in [4.69, 9.17) is 14.6 Å². The minimum absolute atomic E-state index is 0.0193. The fourth-order valence-electron chi connectivity index (χ4n) is 1.78. The highest BCUT2D eigenvalue weighted by atomic mass is 16.7. The molecule has 7 nitrogen and oxygen atoms in total. The molecule has 108 valence electrons. The third-order valence-electron chi connectivity index (χ3n) is 2.80. The zero-order chi connectivity index (χ0) is 14.5. The molecule has 0 fully saturated rings. The SMILES string of the molecule is CC(CCC(=O)O)NC(=O)Nc1ccc2c(c1)OCO2. The van der Waals surface area contributed by atoms with Crippen molar-refractivity contribution in [3.05, 3.63) is 18.2 Å². The number of hydrogen-bond donors (Lipinski definition) is 3. The highest BCUT2D eigenvalue weighted by Gasteiger charge is 2.14. The maximum atomic E-state index is 11.7. The van der Waals surface area contributed by atoms with Crippen molar-refractivity contribution in [3.8, 4) is 11.5 Å². The Hall–Kier alpha value is -2.44. The number of carbonyl (C=O) groups excluding carboxylic acids is 1. The van der Waals surface area contributed by atoms with Gasteiger partial charge in [-0.3, -0.25) is 4.79 Å². The summed E-state index contributed by atoms with van der Waals surface area (Å²) in [5.41, 5.74) is 0.581. The van der Waals surface area contributed by atoms with Crippen molar-refractivity contribution in [1.29, 1.82) is 0 Å². The van der Waals surface area contributed by atoms with E-state index >= 15 is 0 Å². The number of hydrogen-bond acceptors (Lipinski definition) is 4. The van der Waals surface area contributed by atoms with E-state index in [-0.39, 0.29) is 25.3 Å². The molecule has 1 unspecified atom stereocenters. The molecule has 3 N–H and O–H groups in total. The smallest absolute Gasteiger partial charge is 0.319 e. The molecule has 0 saturated carbocycles. The number of nitrogens with one attached hydrogen (secondary N) is 2. The van der Waals surface area contributed by atoms with Gasteiger partial charge in [-0.05, 0) is 25.5 Å². The van der Waals surface area contributed by atoms with Crippen LogP contribution in [0, 0.1) is 0 Å². The molecular weight excluding hydrogens is 264 g/mol. The molecule has 0 bridgehead atoms. The van der Waals surface area contributed by atoms with Crippen molar-refractivity contribution < 1.29 is 24.2 Å². The van der Waals surface area contributed by atoms with Crippen molar-refractivity contribution >= 4 is 17.7 Å². The zero-order valence-corrected chi connectivity index (χ0v) is 11.0. The van der Waals surface area contributed by atoms with Crippen LogP contribution in [0.5, 0.6) is 11.5 Å². The first-order valence-corrected chi connectivity index (χ1v) is 6.23. The van der Waals surface area contributed by atoms with Crippen LogP contribution in [0.3, 0.4) is 0 Å². The molecule has 2 rings (SSSR count). The summed E-state index contributed by atoms with van der Waals surface area (Å²) in [7, 11) is 0. The van der Waals surface area contributed by atoms with E-state index in [1.807, 2.05) is 0 Å². The van der Waals surface area contributed by atoms with Gasteiger partial charge in [-0.25, -0.2) is 4.79 Å². The summed E-state index contributed by atoms with van der Waals surface area (Å²) in [6, 6.07) is 4.48. The lowest BCUT2D eigenvalue weighted by molar-refractivity contribution is -0.137. The molecule has 1 heterocycles. The van der Waals surface area contributed by atoms with Crippen LogP contribution in [0.15, 0.2) is 18.2 Å². The molecule has 0 radical (unpaired) electrons. The van der Waals surface area contributed by atoms with Gasteiger partial charge in [-0.2, -0.15) is 0 Å². The first-order chi connectivity index (χ1) is 9.54. The second-order valence-electron chi connectivity index (χ2n) is 4.50. The average Bonchev–Trinajstić information content (AvgIpc) is 2.83. The van der Waals surface area contributed by atoms with Crippen molar-refractivity contribution in [2.24, 2.45) is 0 Å². The number of ether oxygens (including phenoxy) is 2. The largest absolute Gasteiger partial charge is 0.481 e. The fraction of sp³-hybridized carbons (Fsp3) is 0.385. The van der Waals surface area contributed by atoms with Crippen molar-refractivity contribution in [1.82, 2.24) is 5.32 Å². The van der Waals surface area contributed by atoms with E-state index in [9.17, 15) is 9.59 Å². The van der Waals surface area contributed by atoms with Gasteiger partial charge in [-0.1, -0.05) is 0 Å². The summed E-state index contributed by atoms with van der Waals surface area (Å²) in [4.78, 5) is 22.2. The van der Waals surface area contributed by atoms with Gasteiger partial charge in [0, 0.05) is 24.2 Å². The monoisotopic (exact) mass is 280 g/mol. The summed E-state index contributed by atoms with van der Waals surface area (Å²) in [5, 5.41) is 13.9. The lowest BCUT2D eigenvalue weighted by atomic mass is 10.2. The van der Waals surface area contributed by atoms with Gasteiger partial charge in [0.05, 0.1) is 0 Å². The topological polar surface area (TPSA) is 96.9 Å². The molecule has 20 heavy (non-hydrogen) atoms. The third kappa shape index (κ3) is 3.78. The molecule has 1 aliphatic rings. The lowest BCUT2D eigenvalue weighted by Crippen LogP contribution is -2.36. The Morgan fingerprint density at radius 1 is 1.35 bits per heavy atom. The first-order valence-electron chi connectivity index (χ1n) is 6.23. The highest BCUT2D eigenvalue weighted by molar-refractivity contribution is 5.89. The number of carboxylic acid groups (broad SMARTS) is 1. The molecule has 2 amide bonds. The summed E-state index contributed by atoms with van der Waals surface area (Å²) in [5.74, 6) is 0.349. The molecule has 1 atom stereocenters. The Balaban J connectivity index is 1.83. The number of amides is 2. The van der Waals surface area contributed by atoms with Crippen LogP contribution in [-0.2, 0) is 4.79 Å². The van der Waals surface area contributed by atoms with Crippen LogP contribution in [0.2, 0.25) is 0 Å². The Bertz CT molecular complexity index is 517. The number of rotatable bonds is 5. The maximum Gasteiger partial charge on any atom is 0.319 e. The number of aliphatic carboxylic acids is 1. The van der Waals surface area contributed by atoms with E-state index in [1.54, 1.807) is 25.1 Å². The standard InChI is InChI=1S/C13H16N2O5/c1-8(2-5-12(16)17)14-13(18)15-9-3-4-10-11(6-9)20-7-19-10/h3-4,6,8H,2,5,7H2,1H3,(H,16,17)(H2,14,15,18). The normalized spacial score (nSPS) is 13.7. The fourth-order valence-corrected chi connectivity index (χ4v) is 1.78. The zero-order valence-electron chi connectivity index (χ0n) is 11.0. The first kappa shape index (κ1) is 14.0. The van der Waals surface area contributed by atoms with Gasteiger partial charge >= 0.3 is 12.0 Å². The van der Waals surface area contributed by atoms with Gasteiger partial charge in [0.1, 0.15) is 0 Å². The van der Waals surface area contributed by atoms with E-state index in [1.165, 1.54) is 0 Å². The quantitative estimate of drug-likeness (QED) is 0.764. The molecule has 0 aliphatic carbocycles. The lowest BCUT2D eigenvalue weighted by Gasteiger charge is -2.13. The molecule has 0 spiro atoms. The second kappa shape index (κ2) is 6.14. The predicted molar refractivity (Wildman–Crippen MR) is 71.1 cm³/mol. The Morgan fingerprint density at radius 2 is 2.10 bits per heavy atom. The second-order valence-corrected chi connectivity index (χ2v) is 4.50. The third-order valence-corrected chi connectivity index (χ3v) is 2.80. The Kier molecular flexibility index (Phi) is 4.29. The van der Waals surface area contributed by atoms with Crippen LogP contribution in [-0.4, -0.2) is 29.9 Å². The average molecular weight is 280 g/mol. The molecule has 0 saturated heterocycles. The number of benzene rings is 1. The van der Waals surface area contributed by atoms with Gasteiger partial charge in [-0.15, -0.1) is 0 Å². The minimum Gasteiger partial charge on any atom is -0.481 e. The van der Waals surface area contributed by atoms with Crippen molar-refractivity contribution in [2.45, 2.75) is 25.8 Å². The van der Waals surface area contributed by atoms with Crippen LogP contribution < -0.4 is 20.1 Å². The van der Waals surface area contributed by atoms with Gasteiger partial charge in [0.15, 0.2) is 11.5 Å². The number of anilines is 1. The van der Waals surface area contributed by atoms with Gasteiger partial charge in [0.25, 0.3) is 0 Å². The van der Waals surface area contributed by atoms with E-state index in [0.29, 0.717) is 23.6 Å². The van der Waals surface area contributed by atoms with Crippen molar-refractivity contribution in [3.63, 3.8) is 0 Å². The van der Waals surface area contributed by atoms with Crippen LogP contribution in [0.25, 0.3) is 0 Å². The Morgan fingerprint density at radius 3 is 2.85 bits per heavy atom. The highest BCUT2D eigenvalue weighted by Crippen LogP contribution is 2.34. The summed E-state index contributed by atoms with van der Waals surface area (Å²) in [6.07, 6.45) is 0.398. The summed E-state index contributed by atoms with van der Waals surface area (Å²) < 4.78 is 10.4. The molecule has 0 aromatic heterocycles. The number of urea groups is 1. The predicted octanol–water partition coefficient (Wildman–Crippen LogP) is 1.79. The maximum absolute atomic E-state index is 11.7. The number of fused-ring (bicyclic) bond motifs is 1. The van der Waals surface area contributed by atoms with E-state index in [0.717, 1.165) is 0 Å². The Labute approximate surface area is 115 Å². The summed E-state index contributed by atoms with van der Waals surface area (Å²) >= 11 is 0. The van der Waals surface area contributed by atoms with Crippen LogP contribution in [0.1, 0.15) is 19.8 Å². The molecule has 1 aliphatic heterocycles. The molecule has 1 aromatic carbocycles.